The van der Waals surface area contributed by atoms with Gasteiger partial charge in [-0.05, 0) is 43.7 Å². The number of amides is 2. The fraction of sp³-hybridized carbons (Fsp3) is 0.222. The van der Waals surface area contributed by atoms with E-state index in [0.29, 0.717) is 24.3 Å². The summed E-state index contributed by atoms with van der Waals surface area (Å²) in [6.45, 7) is 2.37. The van der Waals surface area contributed by atoms with Crippen molar-refractivity contribution in [3.8, 4) is 0 Å². The largest absolute Gasteiger partial charge is 0.325 e. The average molecular weight is 312 g/mol. The number of hydrogen-bond acceptors (Lipinski definition) is 2. The minimum Gasteiger partial charge on any atom is -0.325 e. The molecule has 0 unspecified atom stereocenters. The Morgan fingerprint density at radius 2 is 1.96 bits per heavy atom. The Labute approximate surface area is 133 Å². The third-order valence-electron chi connectivity index (χ3n) is 3.96. The average Bonchev–Trinajstić information content (AvgIpc) is 2.91. The number of aryl methyl sites for hydroxylation is 1. The fourth-order valence-corrected chi connectivity index (χ4v) is 2.69. The van der Waals surface area contributed by atoms with E-state index < -0.39 is 11.7 Å². The number of benzene rings is 2. The van der Waals surface area contributed by atoms with E-state index in [1.165, 1.54) is 17.0 Å². The molecule has 0 saturated carbocycles. The van der Waals surface area contributed by atoms with Crippen LogP contribution in [0.25, 0.3) is 0 Å². The molecule has 2 aromatic rings. The zero-order chi connectivity index (χ0) is 16.4. The van der Waals surface area contributed by atoms with E-state index in [9.17, 15) is 14.0 Å². The highest BCUT2D eigenvalue weighted by atomic mass is 19.1. The first-order valence-corrected chi connectivity index (χ1v) is 7.49. The molecule has 5 heteroatoms. The Kier molecular flexibility index (Phi) is 4.10. The lowest BCUT2D eigenvalue weighted by atomic mass is 10.1. The summed E-state index contributed by atoms with van der Waals surface area (Å²) in [5.74, 6) is -1.75. The summed E-state index contributed by atoms with van der Waals surface area (Å²) in [6.07, 6.45) is 0.424. The summed E-state index contributed by atoms with van der Waals surface area (Å²) in [5, 5.41) is 2.76. The molecule has 2 amide bonds. The van der Waals surface area contributed by atoms with Gasteiger partial charge in [-0.1, -0.05) is 23.8 Å². The smallest absolute Gasteiger partial charge is 0.239 e. The number of halogens is 1. The van der Waals surface area contributed by atoms with Gasteiger partial charge in [-0.3, -0.25) is 9.59 Å². The normalized spacial score (nSPS) is 17.4. The van der Waals surface area contributed by atoms with Gasteiger partial charge in [0, 0.05) is 17.9 Å². The van der Waals surface area contributed by atoms with Crippen LogP contribution in [0.4, 0.5) is 15.8 Å². The van der Waals surface area contributed by atoms with Crippen molar-refractivity contribution in [1.29, 1.82) is 0 Å². The standard InChI is InChI=1S/C18H17FN2O2/c1-12-5-7-14(8-6-12)20-17(22)16-9-10-21(18(16)23)15-4-2-3-13(19)11-15/h2-8,11,16H,9-10H2,1H3,(H,20,22)/t16-/m1/s1. The van der Waals surface area contributed by atoms with Crippen molar-refractivity contribution < 1.29 is 14.0 Å². The Hall–Kier alpha value is -2.69. The Morgan fingerprint density at radius 3 is 2.65 bits per heavy atom. The third-order valence-corrected chi connectivity index (χ3v) is 3.96. The molecule has 1 fully saturated rings. The second-order valence-corrected chi connectivity index (χ2v) is 5.67. The van der Waals surface area contributed by atoms with Crippen LogP contribution in [0.5, 0.6) is 0 Å². The van der Waals surface area contributed by atoms with Gasteiger partial charge in [-0.15, -0.1) is 0 Å². The molecular formula is C18H17FN2O2. The molecule has 3 rings (SSSR count). The van der Waals surface area contributed by atoms with Gasteiger partial charge in [0.05, 0.1) is 0 Å². The SMILES string of the molecule is Cc1ccc(NC(=O)[C@H]2CCN(c3cccc(F)c3)C2=O)cc1. The van der Waals surface area contributed by atoms with Crippen molar-refractivity contribution in [2.24, 2.45) is 5.92 Å². The van der Waals surface area contributed by atoms with Crippen LogP contribution < -0.4 is 10.2 Å². The van der Waals surface area contributed by atoms with Gasteiger partial charge >= 0.3 is 0 Å². The summed E-state index contributed by atoms with van der Waals surface area (Å²) in [7, 11) is 0. The van der Waals surface area contributed by atoms with Crippen LogP contribution in [0.2, 0.25) is 0 Å². The second-order valence-electron chi connectivity index (χ2n) is 5.67. The molecule has 1 N–H and O–H groups in total. The molecule has 2 aromatic carbocycles. The van der Waals surface area contributed by atoms with E-state index in [0.717, 1.165) is 5.56 Å². The summed E-state index contributed by atoms with van der Waals surface area (Å²) in [4.78, 5) is 26.2. The van der Waals surface area contributed by atoms with Crippen molar-refractivity contribution in [3.05, 3.63) is 59.9 Å². The Bertz CT molecular complexity index is 743. The molecule has 1 atom stereocenters. The molecule has 1 aliphatic heterocycles. The third kappa shape index (κ3) is 3.23. The minimum atomic E-state index is -0.737. The van der Waals surface area contributed by atoms with Crippen LogP contribution in [0, 0.1) is 18.7 Å². The first kappa shape index (κ1) is 15.2. The van der Waals surface area contributed by atoms with Crippen LogP contribution in [-0.4, -0.2) is 18.4 Å². The maximum Gasteiger partial charge on any atom is 0.239 e. The molecule has 4 nitrogen and oxygen atoms in total. The zero-order valence-electron chi connectivity index (χ0n) is 12.8. The number of carbonyl (C=O) groups excluding carboxylic acids is 2. The van der Waals surface area contributed by atoms with Gasteiger partial charge in [0.25, 0.3) is 0 Å². The quantitative estimate of drug-likeness (QED) is 0.885. The Morgan fingerprint density at radius 1 is 1.22 bits per heavy atom. The Balaban J connectivity index is 1.71. The summed E-state index contributed by atoms with van der Waals surface area (Å²) in [5.41, 5.74) is 2.25. The molecule has 23 heavy (non-hydrogen) atoms. The van der Waals surface area contributed by atoms with E-state index in [4.69, 9.17) is 0 Å². The number of rotatable bonds is 3. The van der Waals surface area contributed by atoms with Crippen LogP contribution >= 0.6 is 0 Å². The lowest BCUT2D eigenvalue weighted by Gasteiger charge is -2.16. The molecule has 1 aliphatic rings. The highest BCUT2D eigenvalue weighted by Crippen LogP contribution is 2.26. The number of nitrogens with one attached hydrogen (secondary N) is 1. The van der Waals surface area contributed by atoms with Crippen molar-refractivity contribution >= 4 is 23.2 Å². The van der Waals surface area contributed by atoms with Crippen LogP contribution in [0.1, 0.15) is 12.0 Å². The minimum absolute atomic E-state index is 0.291. The molecule has 1 heterocycles. The predicted molar refractivity (Wildman–Crippen MR) is 86.7 cm³/mol. The van der Waals surface area contributed by atoms with Gasteiger partial charge in [0.1, 0.15) is 11.7 Å². The summed E-state index contributed by atoms with van der Waals surface area (Å²) < 4.78 is 13.3. The van der Waals surface area contributed by atoms with Crippen molar-refractivity contribution in [2.45, 2.75) is 13.3 Å². The van der Waals surface area contributed by atoms with E-state index in [1.807, 2.05) is 19.1 Å². The zero-order valence-corrected chi connectivity index (χ0v) is 12.8. The number of nitrogens with zero attached hydrogens (tertiary/aromatic N) is 1. The van der Waals surface area contributed by atoms with Crippen LogP contribution in [0.3, 0.4) is 0 Å². The van der Waals surface area contributed by atoms with Gasteiger partial charge in [-0.25, -0.2) is 4.39 Å². The molecule has 1 saturated heterocycles. The molecule has 0 radical (unpaired) electrons. The highest BCUT2D eigenvalue weighted by Gasteiger charge is 2.37. The van der Waals surface area contributed by atoms with E-state index in [-0.39, 0.29) is 11.8 Å². The lowest BCUT2D eigenvalue weighted by Crippen LogP contribution is -2.33. The second kappa shape index (κ2) is 6.20. The first-order valence-electron chi connectivity index (χ1n) is 7.49. The maximum absolute atomic E-state index is 13.3. The molecule has 0 spiro atoms. The summed E-state index contributed by atoms with van der Waals surface area (Å²) >= 11 is 0. The van der Waals surface area contributed by atoms with Crippen molar-refractivity contribution in [2.75, 3.05) is 16.8 Å². The topological polar surface area (TPSA) is 49.4 Å². The van der Waals surface area contributed by atoms with Crippen LogP contribution in [-0.2, 0) is 9.59 Å². The molecule has 0 aromatic heterocycles. The van der Waals surface area contributed by atoms with Gasteiger partial charge in [0.15, 0.2) is 0 Å². The molecule has 0 bridgehead atoms. The number of hydrogen-bond donors (Lipinski definition) is 1. The summed E-state index contributed by atoms with van der Waals surface area (Å²) in [6, 6.07) is 13.2. The molecule has 118 valence electrons. The van der Waals surface area contributed by atoms with E-state index >= 15 is 0 Å². The van der Waals surface area contributed by atoms with E-state index in [2.05, 4.69) is 5.32 Å². The lowest BCUT2D eigenvalue weighted by molar-refractivity contribution is -0.129. The van der Waals surface area contributed by atoms with Gasteiger partial charge < -0.3 is 10.2 Å². The molecule has 0 aliphatic carbocycles. The highest BCUT2D eigenvalue weighted by molar-refractivity contribution is 6.13. The van der Waals surface area contributed by atoms with Crippen molar-refractivity contribution in [3.63, 3.8) is 0 Å². The van der Waals surface area contributed by atoms with Gasteiger partial charge in [-0.2, -0.15) is 0 Å². The van der Waals surface area contributed by atoms with Crippen LogP contribution in [0.15, 0.2) is 48.5 Å². The predicted octanol–water partition coefficient (Wildman–Crippen LogP) is 3.13. The molecular weight excluding hydrogens is 295 g/mol. The fourth-order valence-electron chi connectivity index (χ4n) is 2.69. The van der Waals surface area contributed by atoms with E-state index in [1.54, 1.807) is 24.3 Å². The van der Waals surface area contributed by atoms with Crippen molar-refractivity contribution in [1.82, 2.24) is 0 Å². The first-order chi connectivity index (χ1) is 11.0. The monoisotopic (exact) mass is 312 g/mol. The number of carbonyl (C=O) groups is 2. The van der Waals surface area contributed by atoms with Gasteiger partial charge in [0.2, 0.25) is 11.8 Å². The maximum atomic E-state index is 13.3. The number of anilines is 2.